The largest absolute Gasteiger partial charge is 0.326 e. The van der Waals surface area contributed by atoms with E-state index >= 15 is 0 Å². The number of hydrogen-bond acceptors (Lipinski definition) is 3. The van der Waals surface area contributed by atoms with E-state index in [1.807, 2.05) is 6.07 Å². The second-order valence-electron chi connectivity index (χ2n) is 5.76. The monoisotopic (exact) mass is 364 g/mol. The van der Waals surface area contributed by atoms with Crippen LogP contribution in [-0.2, 0) is 27.8 Å². The third kappa shape index (κ3) is 3.45. The fourth-order valence-electron chi connectivity index (χ4n) is 2.68. The Balaban J connectivity index is 1.86. The molecule has 0 unspecified atom stereocenters. The quantitative estimate of drug-likeness (QED) is 0.906. The molecule has 0 fully saturated rings. The number of amides is 1. The average molecular weight is 365 g/mol. The third-order valence-corrected chi connectivity index (χ3v) is 6.01. The molecule has 3 rings (SSSR count). The molecule has 24 heavy (non-hydrogen) atoms. The SMILES string of the molecule is CN(Cc1cccc(Cl)c1)S(=O)(=O)c1ccc2c(c1)CCC(=O)N2. The maximum absolute atomic E-state index is 12.8. The summed E-state index contributed by atoms with van der Waals surface area (Å²) in [4.78, 5) is 11.6. The molecular weight excluding hydrogens is 348 g/mol. The van der Waals surface area contributed by atoms with Crippen molar-refractivity contribution in [3.63, 3.8) is 0 Å². The summed E-state index contributed by atoms with van der Waals surface area (Å²) in [5, 5.41) is 3.32. The number of aryl methyl sites for hydroxylation is 1. The first-order chi connectivity index (χ1) is 11.4. The number of anilines is 1. The van der Waals surface area contributed by atoms with Crippen LogP contribution in [0.25, 0.3) is 0 Å². The van der Waals surface area contributed by atoms with Crippen LogP contribution in [0.3, 0.4) is 0 Å². The lowest BCUT2D eigenvalue weighted by molar-refractivity contribution is -0.116. The normalized spacial score (nSPS) is 14.4. The minimum atomic E-state index is -3.62. The molecule has 5 nitrogen and oxygen atoms in total. The van der Waals surface area contributed by atoms with Crippen LogP contribution < -0.4 is 5.32 Å². The highest BCUT2D eigenvalue weighted by molar-refractivity contribution is 7.89. The van der Waals surface area contributed by atoms with Gasteiger partial charge in [0.25, 0.3) is 0 Å². The molecule has 0 saturated heterocycles. The van der Waals surface area contributed by atoms with Crippen molar-refractivity contribution >= 4 is 33.2 Å². The van der Waals surface area contributed by atoms with Crippen molar-refractivity contribution in [1.29, 1.82) is 0 Å². The van der Waals surface area contributed by atoms with Gasteiger partial charge in [-0.25, -0.2) is 8.42 Å². The lowest BCUT2D eigenvalue weighted by Crippen LogP contribution is -2.27. The molecule has 1 amide bonds. The van der Waals surface area contributed by atoms with Crippen molar-refractivity contribution in [3.05, 3.63) is 58.6 Å². The maximum Gasteiger partial charge on any atom is 0.243 e. The first-order valence-corrected chi connectivity index (χ1v) is 9.31. The molecule has 0 saturated carbocycles. The van der Waals surface area contributed by atoms with Gasteiger partial charge in [-0.15, -0.1) is 0 Å². The van der Waals surface area contributed by atoms with E-state index < -0.39 is 10.0 Å². The summed E-state index contributed by atoms with van der Waals surface area (Å²) in [6.45, 7) is 0.233. The number of carbonyl (C=O) groups is 1. The van der Waals surface area contributed by atoms with Crippen molar-refractivity contribution in [2.45, 2.75) is 24.3 Å². The summed E-state index contributed by atoms with van der Waals surface area (Å²) < 4.78 is 26.8. The molecule has 1 aliphatic rings. The zero-order valence-electron chi connectivity index (χ0n) is 13.1. The van der Waals surface area contributed by atoms with Crippen LogP contribution in [-0.4, -0.2) is 25.7 Å². The molecule has 0 spiro atoms. The Bertz CT molecular complexity index is 896. The van der Waals surface area contributed by atoms with Crippen molar-refractivity contribution in [1.82, 2.24) is 4.31 Å². The van der Waals surface area contributed by atoms with Crippen LogP contribution in [0, 0.1) is 0 Å². The first kappa shape index (κ1) is 17.0. The number of halogens is 1. The van der Waals surface area contributed by atoms with Gasteiger partial charge in [0.05, 0.1) is 4.90 Å². The summed E-state index contributed by atoms with van der Waals surface area (Å²) in [5.41, 5.74) is 2.34. The summed E-state index contributed by atoms with van der Waals surface area (Å²) >= 11 is 5.95. The zero-order chi connectivity index (χ0) is 17.3. The smallest absolute Gasteiger partial charge is 0.243 e. The van der Waals surface area contributed by atoms with Crippen LogP contribution in [0.5, 0.6) is 0 Å². The van der Waals surface area contributed by atoms with Gasteiger partial charge in [-0.2, -0.15) is 4.31 Å². The molecule has 7 heteroatoms. The van der Waals surface area contributed by atoms with Crippen LogP contribution in [0.2, 0.25) is 5.02 Å². The van der Waals surface area contributed by atoms with E-state index in [-0.39, 0.29) is 17.3 Å². The molecule has 0 radical (unpaired) electrons. The second-order valence-corrected chi connectivity index (χ2v) is 8.24. The number of sulfonamides is 1. The number of benzene rings is 2. The van der Waals surface area contributed by atoms with Gasteiger partial charge in [0, 0.05) is 30.7 Å². The minimum Gasteiger partial charge on any atom is -0.326 e. The number of nitrogens with zero attached hydrogens (tertiary/aromatic N) is 1. The van der Waals surface area contributed by atoms with E-state index in [2.05, 4.69) is 5.32 Å². The zero-order valence-corrected chi connectivity index (χ0v) is 14.7. The standard InChI is InChI=1S/C17H17ClN2O3S/c1-20(11-12-3-2-4-14(18)9-12)24(22,23)15-6-7-16-13(10-15)5-8-17(21)19-16/h2-4,6-7,9-10H,5,8,11H2,1H3,(H,19,21). The van der Waals surface area contributed by atoms with Gasteiger partial charge in [-0.3, -0.25) is 4.79 Å². The highest BCUT2D eigenvalue weighted by Gasteiger charge is 2.23. The van der Waals surface area contributed by atoms with Gasteiger partial charge in [0.15, 0.2) is 0 Å². The Morgan fingerprint density at radius 2 is 1.96 bits per heavy atom. The molecule has 1 N–H and O–H groups in total. The molecule has 1 heterocycles. The lowest BCUT2D eigenvalue weighted by Gasteiger charge is -2.21. The van der Waals surface area contributed by atoms with E-state index in [1.54, 1.807) is 30.3 Å². The summed E-state index contributed by atoms with van der Waals surface area (Å²) in [6, 6.07) is 11.9. The molecule has 1 aliphatic heterocycles. The molecule has 0 bridgehead atoms. The predicted molar refractivity (Wildman–Crippen MR) is 93.5 cm³/mol. The van der Waals surface area contributed by atoms with E-state index in [4.69, 9.17) is 11.6 Å². The summed E-state index contributed by atoms with van der Waals surface area (Å²) in [6.07, 6.45) is 0.914. The van der Waals surface area contributed by atoms with Gasteiger partial charge in [0.1, 0.15) is 0 Å². The Morgan fingerprint density at radius 3 is 2.71 bits per heavy atom. The maximum atomic E-state index is 12.8. The van der Waals surface area contributed by atoms with Crippen LogP contribution in [0.4, 0.5) is 5.69 Å². The van der Waals surface area contributed by atoms with Gasteiger partial charge in [-0.1, -0.05) is 23.7 Å². The van der Waals surface area contributed by atoms with E-state index in [9.17, 15) is 13.2 Å². The van der Waals surface area contributed by atoms with Crippen molar-refractivity contribution in [2.24, 2.45) is 0 Å². The molecular formula is C17H17ClN2O3S. The van der Waals surface area contributed by atoms with Crippen LogP contribution in [0.1, 0.15) is 17.5 Å². The lowest BCUT2D eigenvalue weighted by atomic mass is 10.0. The summed E-state index contributed by atoms with van der Waals surface area (Å²) in [5.74, 6) is -0.0452. The van der Waals surface area contributed by atoms with Gasteiger partial charge in [0.2, 0.25) is 15.9 Å². The van der Waals surface area contributed by atoms with E-state index in [0.29, 0.717) is 23.6 Å². The van der Waals surface area contributed by atoms with Crippen LogP contribution >= 0.6 is 11.6 Å². The Labute approximate surface area is 146 Å². The second kappa shape index (κ2) is 6.55. The molecule has 126 valence electrons. The van der Waals surface area contributed by atoms with Crippen LogP contribution in [0.15, 0.2) is 47.4 Å². The van der Waals surface area contributed by atoms with Crippen molar-refractivity contribution in [2.75, 3.05) is 12.4 Å². The van der Waals surface area contributed by atoms with E-state index in [0.717, 1.165) is 11.1 Å². The highest BCUT2D eigenvalue weighted by Crippen LogP contribution is 2.27. The predicted octanol–water partition coefficient (Wildman–Crippen LogP) is 3.05. The first-order valence-electron chi connectivity index (χ1n) is 7.50. The Kier molecular flexibility index (Phi) is 4.62. The van der Waals surface area contributed by atoms with Crippen molar-refractivity contribution in [3.8, 4) is 0 Å². The number of nitrogens with one attached hydrogen (secondary N) is 1. The highest BCUT2D eigenvalue weighted by atomic mass is 35.5. The molecule has 0 aliphatic carbocycles. The minimum absolute atomic E-state index is 0.0452. The van der Waals surface area contributed by atoms with Gasteiger partial charge < -0.3 is 5.32 Å². The Morgan fingerprint density at radius 1 is 1.17 bits per heavy atom. The Hall–Kier alpha value is -1.89. The number of hydrogen-bond donors (Lipinski definition) is 1. The molecule has 2 aromatic carbocycles. The molecule has 2 aromatic rings. The molecule has 0 aromatic heterocycles. The number of fused-ring (bicyclic) bond motifs is 1. The third-order valence-electron chi connectivity index (χ3n) is 3.97. The fraction of sp³-hybridized carbons (Fsp3) is 0.235. The summed E-state index contributed by atoms with van der Waals surface area (Å²) in [7, 11) is -2.08. The fourth-order valence-corrected chi connectivity index (χ4v) is 4.10. The van der Waals surface area contributed by atoms with Gasteiger partial charge >= 0.3 is 0 Å². The van der Waals surface area contributed by atoms with E-state index in [1.165, 1.54) is 17.4 Å². The molecule has 0 atom stereocenters. The van der Waals surface area contributed by atoms with Crippen molar-refractivity contribution < 1.29 is 13.2 Å². The topological polar surface area (TPSA) is 66.5 Å². The number of rotatable bonds is 4. The van der Waals surface area contributed by atoms with Gasteiger partial charge in [-0.05, 0) is 47.9 Å². The number of carbonyl (C=O) groups excluding carboxylic acids is 1. The average Bonchev–Trinajstić information content (AvgIpc) is 2.54.